The lowest BCUT2D eigenvalue weighted by atomic mass is 10.2. The Bertz CT molecular complexity index is 488. The summed E-state index contributed by atoms with van der Waals surface area (Å²) in [5, 5.41) is 5.08. The Hall–Kier alpha value is -1.35. The summed E-state index contributed by atoms with van der Waals surface area (Å²) in [5.41, 5.74) is 0.943. The Kier molecular flexibility index (Phi) is 1.99. The average molecular weight is 219 g/mol. The molecule has 1 fully saturated rings. The molecule has 3 rings (SSSR count). The monoisotopic (exact) mass is 218 g/mol. The zero-order valence-electron chi connectivity index (χ0n) is 8.02. The quantitative estimate of drug-likeness (QED) is 0.776. The van der Waals surface area contributed by atoms with Gasteiger partial charge >= 0.3 is 0 Å². The van der Waals surface area contributed by atoms with Gasteiger partial charge in [0.15, 0.2) is 12.2 Å². The average Bonchev–Trinajstić information content (AvgIpc) is 2.97. The van der Waals surface area contributed by atoms with E-state index in [1.807, 2.05) is 28.9 Å². The Labute approximate surface area is 92.7 Å². The van der Waals surface area contributed by atoms with Gasteiger partial charge in [-0.2, -0.15) is 5.10 Å². The van der Waals surface area contributed by atoms with Crippen LogP contribution in [0.1, 0.15) is 18.9 Å². The molecular weight excluding hydrogens is 210 g/mol. The third kappa shape index (κ3) is 1.75. The molecule has 2 aromatic rings. The van der Waals surface area contributed by atoms with Crippen LogP contribution in [0.4, 0.5) is 0 Å². The molecule has 1 radical (unpaired) electrons. The van der Waals surface area contributed by atoms with Gasteiger partial charge in [-0.1, -0.05) is 23.7 Å². The summed E-state index contributed by atoms with van der Waals surface area (Å²) in [5.74, 6) is 0.699. The highest BCUT2D eigenvalue weighted by Crippen LogP contribution is 2.34. The number of benzene rings is 1. The fourth-order valence-electron chi connectivity index (χ4n) is 1.48. The summed E-state index contributed by atoms with van der Waals surface area (Å²) in [6.07, 6.45) is 5.28. The van der Waals surface area contributed by atoms with Crippen LogP contribution in [-0.2, 0) is 0 Å². The lowest BCUT2D eigenvalue weighted by molar-refractivity contribution is 0.636. The van der Waals surface area contributed by atoms with Crippen molar-refractivity contribution in [1.82, 2.24) is 14.8 Å². The predicted octanol–water partition coefficient (Wildman–Crippen LogP) is 2.73. The summed E-state index contributed by atoms with van der Waals surface area (Å²) < 4.78 is 1.82. The summed E-state index contributed by atoms with van der Waals surface area (Å²) in [6, 6.07) is 8.07. The van der Waals surface area contributed by atoms with Crippen molar-refractivity contribution in [2.75, 3.05) is 0 Å². The number of rotatable bonds is 2. The van der Waals surface area contributed by atoms with Gasteiger partial charge in [-0.05, 0) is 25.0 Å². The summed E-state index contributed by atoms with van der Waals surface area (Å²) in [4.78, 5) is 4.16. The molecule has 0 atom stereocenters. The van der Waals surface area contributed by atoms with E-state index in [4.69, 9.17) is 11.6 Å². The molecule has 75 valence electrons. The maximum atomic E-state index is 5.90. The molecule has 0 saturated heterocycles. The van der Waals surface area contributed by atoms with Gasteiger partial charge in [0.25, 0.3) is 0 Å². The minimum Gasteiger partial charge on any atom is -0.239 e. The van der Waals surface area contributed by atoms with Crippen LogP contribution >= 0.6 is 11.6 Å². The van der Waals surface area contributed by atoms with E-state index in [0.717, 1.165) is 5.56 Å². The first-order valence-electron chi connectivity index (χ1n) is 4.93. The van der Waals surface area contributed by atoms with Crippen LogP contribution in [0.15, 0.2) is 24.3 Å². The smallest absolute Gasteiger partial charge is 0.196 e. The van der Waals surface area contributed by atoms with Crippen molar-refractivity contribution in [3.8, 4) is 11.4 Å². The fraction of sp³-hybridized carbons (Fsp3) is 0.273. The standard InChI is InChI=1S/C11H9ClN3/c12-9-3-1-2-8(6-9)11-13-7-15(14-11)10-4-5-10/h1-3,6,10H,4-5H2. The minimum absolute atomic E-state index is 0.519. The first-order valence-corrected chi connectivity index (χ1v) is 5.31. The molecular formula is C11H9ClN3. The van der Waals surface area contributed by atoms with Crippen molar-refractivity contribution in [3.05, 3.63) is 35.6 Å². The zero-order valence-corrected chi connectivity index (χ0v) is 8.78. The van der Waals surface area contributed by atoms with Gasteiger partial charge in [0.2, 0.25) is 0 Å². The molecule has 4 heteroatoms. The van der Waals surface area contributed by atoms with Crippen molar-refractivity contribution < 1.29 is 0 Å². The lowest BCUT2D eigenvalue weighted by Crippen LogP contribution is -1.94. The molecule has 1 aliphatic rings. The second-order valence-corrected chi connectivity index (χ2v) is 4.16. The zero-order chi connectivity index (χ0) is 10.3. The third-order valence-corrected chi connectivity index (χ3v) is 2.67. The molecule has 3 nitrogen and oxygen atoms in total. The molecule has 1 aliphatic carbocycles. The lowest BCUT2D eigenvalue weighted by Gasteiger charge is -1.96. The third-order valence-electron chi connectivity index (χ3n) is 2.44. The van der Waals surface area contributed by atoms with Gasteiger partial charge in [-0.15, -0.1) is 0 Å². The highest BCUT2D eigenvalue weighted by atomic mass is 35.5. The van der Waals surface area contributed by atoms with Crippen LogP contribution in [-0.4, -0.2) is 14.8 Å². The van der Waals surface area contributed by atoms with Gasteiger partial charge in [0, 0.05) is 10.6 Å². The molecule has 1 aromatic heterocycles. The number of halogens is 1. The van der Waals surface area contributed by atoms with Crippen molar-refractivity contribution in [2.24, 2.45) is 0 Å². The van der Waals surface area contributed by atoms with E-state index < -0.39 is 0 Å². The summed E-state index contributed by atoms with van der Waals surface area (Å²) in [6.45, 7) is 0. The summed E-state index contributed by atoms with van der Waals surface area (Å²) in [7, 11) is 0. The number of hydrogen-bond acceptors (Lipinski definition) is 2. The second-order valence-electron chi connectivity index (χ2n) is 3.72. The van der Waals surface area contributed by atoms with Crippen LogP contribution < -0.4 is 0 Å². The van der Waals surface area contributed by atoms with Gasteiger partial charge in [-0.3, -0.25) is 0 Å². The first-order chi connectivity index (χ1) is 7.33. The van der Waals surface area contributed by atoms with Crippen LogP contribution in [0.25, 0.3) is 11.4 Å². The van der Waals surface area contributed by atoms with E-state index in [0.29, 0.717) is 16.9 Å². The minimum atomic E-state index is 0.519. The molecule has 0 spiro atoms. The molecule has 15 heavy (non-hydrogen) atoms. The first kappa shape index (κ1) is 8.92. The van der Waals surface area contributed by atoms with Crippen molar-refractivity contribution in [2.45, 2.75) is 18.9 Å². The van der Waals surface area contributed by atoms with Crippen LogP contribution in [0, 0.1) is 6.33 Å². The van der Waals surface area contributed by atoms with E-state index >= 15 is 0 Å². The molecule has 0 bridgehead atoms. The Morgan fingerprint density at radius 1 is 1.40 bits per heavy atom. The van der Waals surface area contributed by atoms with Gasteiger partial charge in [0.1, 0.15) is 0 Å². The van der Waals surface area contributed by atoms with Gasteiger partial charge in [-0.25, -0.2) is 9.67 Å². The molecule has 0 aliphatic heterocycles. The van der Waals surface area contributed by atoms with E-state index in [-0.39, 0.29) is 0 Å². The van der Waals surface area contributed by atoms with Gasteiger partial charge < -0.3 is 0 Å². The molecule has 1 saturated carbocycles. The van der Waals surface area contributed by atoms with Crippen molar-refractivity contribution in [1.29, 1.82) is 0 Å². The highest BCUT2D eigenvalue weighted by molar-refractivity contribution is 6.30. The van der Waals surface area contributed by atoms with Crippen molar-refractivity contribution >= 4 is 11.6 Å². The molecule has 1 aromatic carbocycles. The Morgan fingerprint density at radius 2 is 2.27 bits per heavy atom. The normalized spacial score (nSPS) is 15.5. The molecule has 0 unspecified atom stereocenters. The number of nitrogens with zero attached hydrogens (tertiary/aromatic N) is 3. The molecule has 0 amide bonds. The van der Waals surface area contributed by atoms with Gasteiger partial charge in [0.05, 0.1) is 6.04 Å². The van der Waals surface area contributed by atoms with Crippen LogP contribution in [0.5, 0.6) is 0 Å². The van der Waals surface area contributed by atoms with E-state index in [1.54, 1.807) is 0 Å². The SMILES string of the molecule is Clc1cccc(-c2n[c]n(C3CC3)n2)c1. The van der Waals surface area contributed by atoms with E-state index in [2.05, 4.69) is 16.4 Å². The van der Waals surface area contributed by atoms with E-state index in [1.165, 1.54) is 12.8 Å². The fourth-order valence-corrected chi connectivity index (χ4v) is 1.67. The maximum Gasteiger partial charge on any atom is 0.196 e. The summed E-state index contributed by atoms with van der Waals surface area (Å²) >= 11 is 5.90. The maximum absolute atomic E-state index is 5.90. The van der Waals surface area contributed by atoms with Crippen LogP contribution in [0.3, 0.4) is 0 Å². The topological polar surface area (TPSA) is 30.7 Å². The Balaban J connectivity index is 1.97. The number of hydrogen-bond donors (Lipinski definition) is 0. The number of aromatic nitrogens is 3. The molecule has 1 heterocycles. The highest BCUT2D eigenvalue weighted by Gasteiger charge is 2.25. The van der Waals surface area contributed by atoms with E-state index in [9.17, 15) is 0 Å². The Morgan fingerprint density at radius 3 is 3.00 bits per heavy atom. The predicted molar refractivity (Wildman–Crippen MR) is 57.6 cm³/mol. The second kappa shape index (κ2) is 3.35. The van der Waals surface area contributed by atoms with Crippen LogP contribution in [0.2, 0.25) is 5.02 Å². The molecule has 0 N–H and O–H groups in total. The van der Waals surface area contributed by atoms with Crippen molar-refractivity contribution in [3.63, 3.8) is 0 Å². The largest absolute Gasteiger partial charge is 0.239 e.